The molecule has 0 aromatic heterocycles. The fourth-order valence-electron chi connectivity index (χ4n) is 2.26. The van der Waals surface area contributed by atoms with E-state index >= 15 is 0 Å². The second-order valence-electron chi connectivity index (χ2n) is 4.42. The summed E-state index contributed by atoms with van der Waals surface area (Å²) in [6.07, 6.45) is 2.06. The summed E-state index contributed by atoms with van der Waals surface area (Å²) in [4.78, 5) is 0. The molecular formula is C13H19NO2. The van der Waals surface area contributed by atoms with Gasteiger partial charge >= 0.3 is 0 Å². The topological polar surface area (TPSA) is 41.5 Å². The zero-order valence-corrected chi connectivity index (χ0v) is 9.65. The Hall–Kier alpha value is -1.06. The van der Waals surface area contributed by atoms with Crippen LogP contribution in [-0.4, -0.2) is 30.0 Å². The lowest BCUT2D eigenvalue weighted by atomic mass is 9.74. The Morgan fingerprint density at radius 1 is 1.38 bits per heavy atom. The van der Waals surface area contributed by atoms with Gasteiger partial charge in [-0.3, -0.25) is 0 Å². The molecule has 2 N–H and O–H groups in total. The van der Waals surface area contributed by atoms with E-state index in [1.807, 2.05) is 37.3 Å². The first kappa shape index (κ1) is 11.4. The molecule has 2 rings (SSSR count). The second-order valence-corrected chi connectivity index (χ2v) is 4.42. The Morgan fingerprint density at radius 3 is 2.62 bits per heavy atom. The minimum absolute atomic E-state index is 0.158. The molecular weight excluding hydrogens is 202 g/mol. The number of para-hydroxylation sites is 1. The minimum atomic E-state index is -0.179. The van der Waals surface area contributed by atoms with Gasteiger partial charge in [-0.15, -0.1) is 0 Å². The van der Waals surface area contributed by atoms with Gasteiger partial charge in [0.1, 0.15) is 0 Å². The first-order valence-corrected chi connectivity index (χ1v) is 5.84. The summed E-state index contributed by atoms with van der Waals surface area (Å²) in [5.74, 6) is 0. The number of aliphatic hydroxyl groups is 1. The van der Waals surface area contributed by atoms with Gasteiger partial charge in [-0.25, -0.2) is 0 Å². The second kappa shape index (κ2) is 4.85. The third kappa shape index (κ3) is 2.36. The van der Waals surface area contributed by atoms with Gasteiger partial charge in [0.05, 0.1) is 18.2 Å². The van der Waals surface area contributed by atoms with Crippen molar-refractivity contribution in [1.29, 1.82) is 0 Å². The largest absolute Gasteiger partial charge is 0.394 e. The van der Waals surface area contributed by atoms with Gasteiger partial charge in [0.25, 0.3) is 0 Å². The minimum Gasteiger partial charge on any atom is -0.394 e. The van der Waals surface area contributed by atoms with Gasteiger partial charge in [-0.1, -0.05) is 18.2 Å². The first-order chi connectivity index (χ1) is 7.78. The van der Waals surface area contributed by atoms with Gasteiger partial charge in [-0.05, 0) is 31.9 Å². The summed E-state index contributed by atoms with van der Waals surface area (Å²) >= 11 is 0. The fraction of sp³-hybridized carbons (Fsp3) is 0.538. The molecule has 0 heterocycles. The molecule has 16 heavy (non-hydrogen) atoms. The maximum atomic E-state index is 9.47. The lowest BCUT2D eigenvalue weighted by Gasteiger charge is -2.47. The van der Waals surface area contributed by atoms with E-state index in [0.717, 1.165) is 25.1 Å². The maximum absolute atomic E-state index is 9.47. The van der Waals surface area contributed by atoms with Gasteiger partial charge in [0.15, 0.2) is 0 Å². The monoisotopic (exact) mass is 221 g/mol. The average Bonchev–Trinajstić information content (AvgIpc) is 2.27. The zero-order valence-electron chi connectivity index (χ0n) is 9.65. The molecule has 1 saturated carbocycles. The van der Waals surface area contributed by atoms with Crippen molar-refractivity contribution in [1.82, 2.24) is 0 Å². The standard InChI is InChI=1S/C13H19NO2/c1-2-16-12-8-13(9-12,10-15)14-11-6-4-3-5-7-11/h3-7,12,14-15H,2,8-10H2,1H3. The molecule has 0 spiro atoms. The molecule has 1 aromatic rings. The molecule has 0 saturated heterocycles. The van der Waals surface area contributed by atoms with Gasteiger partial charge in [-0.2, -0.15) is 0 Å². The summed E-state index contributed by atoms with van der Waals surface area (Å²) in [6.45, 7) is 2.91. The molecule has 3 nitrogen and oxygen atoms in total. The molecule has 0 aliphatic heterocycles. The lowest BCUT2D eigenvalue weighted by Crippen LogP contribution is -2.56. The van der Waals surface area contributed by atoms with Crippen LogP contribution in [0.3, 0.4) is 0 Å². The molecule has 0 atom stereocenters. The Labute approximate surface area is 96.4 Å². The molecule has 1 aliphatic rings. The van der Waals surface area contributed by atoms with Gasteiger partial charge in [0.2, 0.25) is 0 Å². The van der Waals surface area contributed by atoms with Crippen molar-refractivity contribution in [2.24, 2.45) is 0 Å². The van der Waals surface area contributed by atoms with Crippen LogP contribution in [0.2, 0.25) is 0 Å². The average molecular weight is 221 g/mol. The summed E-state index contributed by atoms with van der Waals surface area (Å²) in [6, 6.07) is 10.0. The van der Waals surface area contributed by atoms with E-state index < -0.39 is 0 Å². The summed E-state index contributed by atoms with van der Waals surface area (Å²) in [5.41, 5.74) is 0.882. The van der Waals surface area contributed by atoms with E-state index in [0.29, 0.717) is 6.10 Å². The third-order valence-corrected chi connectivity index (χ3v) is 3.13. The Balaban J connectivity index is 1.93. The zero-order chi connectivity index (χ0) is 11.4. The van der Waals surface area contributed by atoms with Crippen molar-refractivity contribution in [2.75, 3.05) is 18.5 Å². The van der Waals surface area contributed by atoms with Crippen molar-refractivity contribution in [3.05, 3.63) is 30.3 Å². The third-order valence-electron chi connectivity index (χ3n) is 3.13. The number of aliphatic hydroxyl groups excluding tert-OH is 1. The van der Waals surface area contributed by atoms with E-state index in [1.165, 1.54) is 0 Å². The van der Waals surface area contributed by atoms with Crippen molar-refractivity contribution in [3.8, 4) is 0 Å². The van der Waals surface area contributed by atoms with Crippen LogP contribution in [0, 0.1) is 0 Å². The normalized spacial score (nSPS) is 28.5. The van der Waals surface area contributed by atoms with E-state index in [-0.39, 0.29) is 12.1 Å². The number of nitrogens with one attached hydrogen (secondary N) is 1. The first-order valence-electron chi connectivity index (χ1n) is 5.84. The number of benzene rings is 1. The van der Waals surface area contributed by atoms with Crippen LogP contribution in [-0.2, 0) is 4.74 Å². The van der Waals surface area contributed by atoms with E-state index in [2.05, 4.69) is 5.32 Å². The maximum Gasteiger partial charge on any atom is 0.0663 e. The molecule has 1 aromatic carbocycles. The molecule has 0 unspecified atom stereocenters. The summed E-state index contributed by atoms with van der Waals surface area (Å²) in [5, 5.41) is 12.9. The highest BCUT2D eigenvalue weighted by molar-refractivity contribution is 5.46. The van der Waals surface area contributed by atoms with Crippen LogP contribution in [0.5, 0.6) is 0 Å². The van der Waals surface area contributed by atoms with Crippen LogP contribution in [0.4, 0.5) is 5.69 Å². The molecule has 3 heteroatoms. The SMILES string of the molecule is CCOC1CC(CO)(Nc2ccccc2)C1. The number of rotatable bonds is 5. The van der Waals surface area contributed by atoms with Crippen LogP contribution in [0.1, 0.15) is 19.8 Å². The van der Waals surface area contributed by atoms with Crippen LogP contribution < -0.4 is 5.32 Å². The Bertz CT molecular complexity index is 320. The van der Waals surface area contributed by atoms with E-state index in [9.17, 15) is 5.11 Å². The predicted molar refractivity (Wildman–Crippen MR) is 64.5 cm³/mol. The number of hydrogen-bond donors (Lipinski definition) is 2. The Kier molecular flexibility index (Phi) is 3.46. The number of anilines is 1. The molecule has 0 amide bonds. The van der Waals surface area contributed by atoms with E-state index in [4.69, 9.17) is 4.74 Å². The smallest absolute Gasteiger partial charge is 0.0663 e. The quantitative estimate of drug-likeness (QED) is 0.799. The predicted octanol–water partition coefficient (Wildman–Crippen LogP) is 2.03. The molecule has 0 radical (unpaired) electrons. The summed E-state index contributed by atoms with van der Waals surface area (Å²) < 4.78 is 5.52. The number of ether oxygens (including phenoxy) is 1. The van der Waals surface area contributed by atoms with Crippen molar-refractivity contribution in [3.63, 3.8) is 0 Å². The van der Waals surface area contributed by atoms with Gasteiger partial charge in [0, 0.05) is 12.3 Å². The molecule has 1 fully saturated rings. The lowest BCUT2D eigenvalue weighted by molar-refractivity contribution is -0.0458. The van der Waals surface area contributed by atoms with Crippen molar-refractivity contribution < 1.29 is 9.84 Å². The molecule has 88 valence electrons. The highest BCUT2D eigenvalue weighted by atomic mass is 16.5. The van der Waals surface area contributed by atoms with Crippen LogP contribution in [0.25, 0.3) is 0 Å². The highest BCUT2D eigenvalue weighted by Gasteiger charge is 2.44. The highest BCUT2D eigenvalue weighted by Crippen LogP contribution is 2.37. The van der Waals surface area contributed by atoms with Crippen LogP contribution in [0.15, 0.2) is 30.3 Å². The van der Waals surface area contributed by atoms with E-state index in [1.54, 1.807) is 0 Å². The Morgan fingerprint density at radius 2 is 2.06 bits per heavy atom. The summed E-state index contributed by atoms with van der Waals surface area (Å²) in [7, 11) is 0. The fourth-order valence-corrected chi connectivity index (χ4v) is 2.26. The van der Waals surface area contributed by atoms with Crippen molar-refractivity contribution >= 4 is 5.69 Å². The van der Waals surface area contributed by atoms with Crippen molar-refractivity contribution in [2.45, 2.75) is 31.4 Å². The molecule has 0 bridgehead atoms. The number of hydrogen-bond acceptors (Lipinski definition) is 3. The molecule has 1 aliphatic carbocycles. The van der Waals surface area contributed by atoms with Gasteiger partial charge < -0.3 is 15.2 Å². The van der Waals surface area contributed by atoms with Crippen LogP contribution >= 0.6 is 0 Å².